The molecule has 0 aromatic carbocycles. The Hall–Kier alpha value is -1.63. The minimum atomic E-state index is -0.703. The number of ether oxygens (including phenoxy) is 1. The topological polar surface area (TPSA) is 79.0 Å². The number of hydrogen-bond donors (Lipinski definition) is 1. The average Bonchev–Trinajstić information content (AvgIpc) is 3.47. The molecule has 4 aliphatic rings. The van der Waals surface area contributed by atoms with Gasteiger partial charge < -0.3 is 19.9 Å². The molecule has 7 heteroatoms. The van der Waals surface area contributed by atoms with Gasteiger partial charge in [0, 0.05) is 19.6 Å². The molecule has 1 atom stereocenters. The average molecular weight is 321 g/mol. The van der Waals surface area contributed by atoms with E-state index in [-0.39, 0.29) is 17.8 Å². The molecule has 2 saturated carbocycles. The first-order valence-electron chi connectivity index (χ1n) is 8.50. The highest BCUT2D eigenvalue weighted by atomic mass is 16.5. The fraction of sp³-hybridized carbons (Fsp3) is 0.812. The summed E-state index contributed by atoms with van der Waals surface area (Å²) in [6.07, 6.45) is 4.59. The number of nitrogens with one attached hydrogen (secondary N) is 1. The maximum atomic E-state index is 13.1. The van der Waals surface area contributed by atoms with Gasteiger partial charge in [0.05, 0.1) is 12.6 Å². The second-order valence-electron chi connectivity index (χ2n) is 7.18. The number of carbonyl (C=O) groups excluding carboxylic acids is 3. The number of nitrogens with zero attached hydrogens (tertiary/aromatic N) is 2. The molecular formula is C16H23N3O4. The van der Waals surface area contributed by atoms with Crippen molar-refractivity contribution < 1.29 is 19.1 Å². The number of carbonyl (C=O) groups is 3. The number of esters is 1. The Kier molecular flexibility index (Phi) is 3.20. The second kappa shape index (κ2) is 4.93. The van der Waals surface area contributed by atoms with E-state index in [1.54, 1.807) is 9.80 Å². The Morgan fingerprint density at radius 3 is 2.57 bits per heavy atom. The number of likely N-dealkylation sites (tertiary alicyclic amines) is 1. The highest BCUT2D eigenvalue weighted by Gasteiger charge is 2.64. The third-order valence-corrected chi connectivity index (χ3v) is 5.83. The van der Waals surface area contributed by atoms with Crippen molar-refractivity contribution in [3.8, 4) is 0 Å². The number of methoxy groups -OCH3 is 1. The Morgan fingerprint density at radius 1 is 1.22 bits per heavy atom. The summed E-state index contributed by atoms with van der Waals surface area (Å²) in [5.74, 6) is -0.336. The SMILES string of the molecule is COC(=O)[C@@H]1CCCN1C(=O)C1(N2CCNC3(CC3)C2=O)CC1. The van der Waals surface area contributed by atoms with Gasteiger partial charge in [-0.1, -0.05) is 0 Å². The van der Waals surface area contributed by atoms with E-state index >= 15 is 0 Å². The van der Waals surface area contributed by atoms with Crippen LogP contribution in [0.25, 0.3) is 0 Å². The molecule has 0 aromatic heterocycles. The zero-order chi connectivity index (χ0) is 16.2. The molecule has 2 aliphatic heterocycles. The number of rotatable bonds is 3. The molecule has 1 spiro atoms. The van der Waals surface area contributed by atoms with Gasteiger partial charge in [0.2, 0.25) is 11.8 Å². The van der Waals surface area contributed by atoms with Crippen LogP contribution in [-0.2, 0) is 19.1 Å². The van der Waals surface area contributed by atoms with Crippen LogP contribution in [0.5, 0.6) is 0 Å². The molecule has 23 heavy (non-hydrogen) atoms. The summed E-state index contributed by atoms with van der Waals surface area (Å²) < 4.78 is 4.83. The van der Waals surface area contributed by atoms with Gasteiger partial charge in [-0.2, -0.15) is 0 Å². The standard InChI is InChI=1S/C16H23N3O4/c1-23-12(20)11-3-2-9-18(11)14(22)16(6-7-16)19-10-8-17-15(4-5-15)13(19)21/h11,17H,2-10H2,1H3/t11-/m0/s1. The molecule has 0 bridgehead atoms. The summed E-state index contributed by atoms with van der Waals surface area (Å²) in [5.41, 5.74) is -1.10. The number of hydrogen-bond acceptors (Lipinski definition) is 5. The van der Waals surface area contributed by atoms with Crippen molar-refractivity contribution in [3.05, 3.63) is 0 Å². The van der Waals surface area contributed by atoms with Gasteiger partial charge >= 0.3 is 5.97 Å². The van der Waals surface area contributed by atoms with Crippen molar-refractivity contribution in [2.45, 2.75) is 55.6 Å². The van der Waals surface area contributed by atoms with Crippen molar-refractivity contribution >= 4 is 17.8 Å². The van der Waals surface area contributed by atoms with Crippen LogP contribution in [0.4, 0.5) is 0 Å². The number of amides is 2. The zero-order valence-electron chi connectivity index (χ0n) is 13.5. The minimum absolute atomic E-state index is 0.0588. The molecule has 4 fully saturated rings. The number of piperazine rings is 1. The predicted molar refractivity (Wildman–Crippen MR) is 80.4 cm³/mol. The van der Waals surface area contributed by atoms with Gasteiger partial charge in [-0.3, -0.25) is 9.59 Å². The van der Waals surface area contributed by atoms with Crippen molar-refractivity contribution in [2.75, 3.05) is 26.7 Å². The van der Waals surface area contributed by atoms with Crippen LogP contribution >= 0.6 is 0 Å². The first-order valence-corrected chi connectivity index (χ1v) is 8.50. The third-order valence-electron chi connectivity index (χ3n) is 5.83. The molecule has 1 N–H and O–H groups in total. The van der Waals surface area contributed by atoms with Crippen molar-refractivity contribution in [3.63, 3.8) is 0 Å². The van der Waals surface area contributed by atoms with Crippen LogP contribution < -0.4 is 5.32 Å². The van der Waals surface area contributed by atoms with Crippen LogP contribution in [-0.4, -0.2) is 71.4 Å². The summed E-state index contributed by atoms with van der Waals surface area (Å²) >= 11 is 0. The normalized spacial score (nSPS) is 30.5. The highest BCUT2D eigenvalue weighted by molar-refractivity contribution is 6.00. The Morgan fingerprint density at radius 2 is 1.96 bits per heavy atom. The highest BCUT2D eigenvalue weighted by Crippen LogP contribution is 2.49. The van der Waals surface area contributed by atoms with E-state index in [2.05, 4.69) is 5.32 Å². The lowest BCUT2D eigenvalue weighted by molar-refractivity contribution is -0.157. The molecular weight excluding hydrogens is 298 g/mol. The predicted octanol–water partition coefficient (Wildman–Crippen LogP) is -0.353. The molecule has 2 saturated heterocycles. The lowest BCUT2D eigenvalue weighted by Gasteiger charge is -2.40. The van der Waals surface area contributed by atoms with Crippen LogP contribution in [0, 0.1) is 0 Å². The van der Waals surface area contributed by atoms with Crippen molar-refractivity contribution in [1.82, 2.24) is 15.1 Å². The van der Waals surface area contributed by atoms with Crippen molar-refractivity contribution in [1.29, 1.82) is 0 Å². The monoisotopic (exact) mass is 321 g/mol. The smallest absolute Gasteiger partial charge is 0.328 e. The maximum absolute atomic E-state index is 13.1. The van der Waals surface area contributed by atoms with E-state index in [1.807, 2.05) is 0 Å². The third kappa shape index (κ3) is 2.09. The molecule has 2 amide bonds. The molecule has 2 aliphatic carbocycles. The maximum Gasteiger partial charge on any atom is 0.328 e. The summed E-state index contributed by atoms with van der Waals surface area (Å²) in [6.45, 7) is 1.88. The Bertz CT molecular complexity index is 568. The van der Waals surface area contributed by atoms with Crippen LogP contribution in [0.15, 0.2) is 0 Å². The molecule has 2 heterocycles. The molecule has 7 nitrogen and oxygen atoms in total. The van der Waals surface area contributed by atoms with Crippen LogP contribution in [0.1, 0.15) is 38.5 Å². The molecule has 0 radical (unpaired) electrons. The van der Waals surface area contributed by atoms with Gasteiger partial charge in [-0.15, -0.1) is 0 Å². The molecule has 4 rings (SSSR count). The lowest BCUT2D eigenvalue weighted by atomic mass is 10.1. The minimum Gasteiger partial charge on any atom is -0.467 e. The quantitative estimate of drug-likeness (QED) is 0.719. The van der Waals surface area contributed by atoms with Crippen molar-refractivity contribution in [2.24, 2.45) is 0 Å². The van der Waals surface area contributed by atoms with Gasteiger partial charge in [0.15, 0.2) is 0 Å². The molecule has 0 aromatic rings. The van der Waals surface area contributed by atoms with Gasteiger partial charge in [-0.25, -0.2) is 4.79 Å². The van der Waals surface area contributed by atoms with Gasteiger partial charge in [-0.05, 0) is 38.5 Å². The Labute approximate surface area is 135 Å². The zero-order valence-corrected chi connectivity index (χ0v) is 13.5. The first-order chi connectivity index (χ1) is 11.0. The largest absolute Gasteiger partial charge is 0.467 e. The van der Waals surface area contributed by atoms with E-state index < -0.39 is 17.1 Å². The van der Waals surface area contributed by atoms with E-state index in [4.69, 9.17) is 4.74 Å². The second-order valence-corrected chi connectivity index (χ2v) is 7.18. The van der Waals surface area contributed by atoms with E-state index in [0.29, 0.717) is 32.4 Å². The van der Waals surface area contributed by atoms with E-state index in [0.717, 1.165) is 25.8 Å². The molecule has 0 unspecified atom stereocenters. The fourth-order valence-corrected chi connectivity index (χ4v) is 4.14. The van der Waals surface area contributed by atoms with Gasteiger partial charge in [0.1, 0.15) is 11.6 Å². The summed E-state index contributed by atoms with van der Waals surface area (Å²) in [5, 5.41) is 3.30. The summed E-state index contributed by atoms with van der Waals surface area (Å²) in [6, 6.07) is -0.488. The summed E-state index contributed by atoms with van der Waals surface area (Å²) in [7, 11) is 1.35. The Balaban J connectivity index is 1.55. The lowest BCUT2D eigenvalue weighted by Crippen LogP contribution is -2.64. The van der Waals surface area contributed by atoms with Crippen LogP contribution in [0.3, 0.4) is 0 Å². The fourth-order valence-electron chi connectivity index (χ4n) is 4.14. The van der Waals surface area contributed by atoms with E-state index in [1.165, 1.54) is 7.11 Å². The molecule has 126 valence electrons. The van der Waals surface area contributed by atoms with Crippen LogP contribution in [0.2, 0.25) is 0 Å². The van der Waals surface area contributed by atoms with E-state index in [9.17, 15) is 14.4 Å². The first kappa shape index (κ1) is 14.9. The summed E-state index contributed by atoms with van der Waals surface area (Å²) in [4.78, 5) is 41.3. The van der Waals surface area contributed by atoms with Gasteiger partial charge in [0.25, 0.3) is 0 Å².